The van der Waals surface area contributed by atoms with Gasteiger partial charge in [0.15, 0.2) is 0 Å². The summed E-state index contributed by atoms with van der Waals surface area (Å²) in [5.74, 6) is 0. The highest BCUT2D eigenvalue weighted by atomic mass is 15.1. The van der Waals surface area contributed by atoms with Crippen LogP contribution in [0.25, 0.3) is 10.9 Å². The first-order valence-electron chi connectivity index (χ1n) is 15.1. The molecule has 0 bridgehead atoms. The van der Waals surface area contributed by atoms with E-state index in [-0.39, 0.29) is 0 Å². The SMILES string of the molecule is c1ccc(CN(Cc2ccc3nc(CN4CCCNCCNCCCNCC4)ccc3c2)Cc2ccccn2)nc1. The van der Waals surface area contributed by atoms with Crippen molar-refractivity contribution in [2.24, 2.45) is 0 Å². The fourth-order valence-corrected chi connectivity index (χ4v) is 5.33. The van der Waals surface area contributed by atoms with Crippen LogP contribution in [-0.4, -0.2) is 77.1 Å². The fourth-order valence-electron chi connectivity index (χ4n) is 5.33. The summed E-state index contributed by atoms with van der Waals surface area (Å²) in [4.78, 5) is 19.1. The van der Waals surface area contributed by atoms with Gasteiger partial charge in [-0.1, -0.05) is 24.3 Å². The molecule has 0 aliphatic carbocycles. The first kappa shape index (κ1) is 29.2. The summed E-state index contributed by atoms with van der Waals surface area (Å²) in [6.07, 6.45) is 6.03. The minimum absolute atomic E-state index is 0.768. The van der Waals surface area contributed by atoms with Gasteiger partial charge in [0.2, 0.25) is 0 Å². The predicted octanol–water partition coefficient (Wildman–Crippen LogP) is 3.59. The Labute approximate surface area is 244 Å². The Kier molecular flexibility index (Phi) is 11.6. The molecule has 1 aliphatic rings. The number of nitrogens with zero attached hydrogens (tertiary/aromatic N) is 5. The highest BCUT2D eigenvalue weighted by Gasteiger charge is 2.12. The molecule has 1 saturated heterocycles. The quantitative estimate of drug-likeness (QED) is 0.306. The molecule has 3 aromatic heterocycles. The van der Waals surface area contributed by atoms with Gasteiger partial charge in [-0.15, -0.1) is 0 Å². The van der Waals surface area contributed by atoms with Crippen molar-refractivity contribution in [2.75, 3.05) is 52.4 Å². The zero-order valence-electron chi connectivity index (χ0n) is 24.1. The molecule has 0 saturated carbocycles. The van der Waals surface area contributed by atoms with Crippen molar-refractivity contribution in [3.8, 4) is 0 Å². The summed E-state index contributed by atoms with van der Waals surface area (Å²) in [6.45, 7) is 11.6. The van der Waals surface area contributed by atoms with Gasteiger partial charge in [0.25, 0.3) is 0 Å². The Morgan fingerprint density at radius 2 is 1.34 bits per heavy atom. The van der Waals surface area contributed by atoms with Crippen LogP contribution in [0, 0.1) is 0 Å². The first-order chi connectivity index (χ1) is 20.3. The second kappa shape index (κ2) is 16.2. The van der Waals surface area contributed by atoms with Crippen molar-refractivity contribution in [3.63, 3.8) is 0 Å². The maximum absolute atomic E-state index is 5.06. The van der Waals surface area contributed by atoms with E-state index >= 15 is 0 Å². The van der Waals surface area contributed by atoms with E-state index in [9.17, 15) is 0 Å². The molecular formula is C33H44N8. The van der Waals surface area contributed by atoms with Gasteiger partial charge in [0.1, 0.15) is 0 Å². The molecule has 4 heterocycles. The van der Waals surface area contributed by atoms with Gasteiger partial charge in [-0.25, -0.2) is 0 Å². The van der Waals surface area contributed by atoms with Crippen LogP contribution in [0.5, 0.6) is 0 Å². The largest absolute Gasteiger partial charge is 0.315 e. The molecule has 1 fully saturated rings. The highest BCUT2D eigenvalue weighted by molar-refractivity contribution is 5.79. The summed E-state index contributed by atoms with van der Waals surface area (Å²) in [6, 6.07) is 23.3. The van der Waals surface area contributed by atoms with E-state index < -0.39 is 0 Å². The number of fused-ring (bicyclic) bond motifs is 1. The molecule has 1 aliphatic heterocycles. The molecule has 8 heteroatoms. The summed E-state index contributed by atoms with van der Waals surface area (Å²) in [5.41, 5.74) is 5.58. The van der Waals surface area contributed by atoms with E-state index in [1.54, 1.807) is 0 Å². The fraction of sp³-hybridized carbons (Fsp3) is 0.424. The molecule has 0 spiro atoms. The third-order valence-electron chi connectivity index (χ3n) is 7.44. The summed E-state index contributed by atoms with van der Waals surface area (Å²) in [7, 11) is 0. The molecule has 0 unspecified atom stereocenters. The Morgan fingerprint density at radius 1 is 0.634 bits per heavy atom. The maximum Gasteiger partial charge on any atom is 0.0706 e. The van der Waals surface area contributed by atoms with E-state index in [4.69, 9.17) is 4.98 Å². The van der Waals surface area contributed by atoms with Crippen LogP contribution < -0.4 is 16.0 Å². The number of hydrogen-bond acceptors (Lipinski definition) is 8. The molecule has 41 heavy (non-hydrogen) atoms. The lowest BCUT2D eigenvalue weighted by Gasteiger charge is -2.23. The van der Waals surface area contributed by atoms with Crippen molar-refractivity contribution in [3.05, 3.63) is 102 Å². The van der Waals surface area contributed by atoms with E-state index in [0.29, 0.717) is 0 Å². The van der Waals surface area contributed by atoms with Crippen LogP contribution in [0.4, 0.5) is 0 Å². The molecule has 3 N–H and O–H groups in total. The number of pyridine rings is 3. The van der Waals surface area contributed by atoms with Gasteiger partial charge in [-0.05, 0) is 87.0 Å². The van der Waals surface area contributed by atoms with Gasteiger partial charge < -0.3 is 16.0 Å². The van der Waals surface area contributed by atoms with Gasteiger partial charge in [0, 0.05) is 70.1 Å². The van der Waals surface area contributed by atoms with Gasteiger partial charge in [-0.3, -0.25) is 24.8 Å². The molecule has 0 radical (unpaired) electrons. The normalized spacial score (nSPS) is 16.5. The summed E-state index contributed by atoms with van der Waals surface area (Å²) < 4.78 is 0. The van der Waals surface area contributed by atoms with Crippen molar-refractivity contribution >= 4 is 10.9 Å². The maximum atomic E-state index is 5.06. The van der Waals surface area contributed by atoms with Crippen LogP contribution in [0.2, 0.25) is 0 Å². The van der Waals surface area contributed by atoms with Crippen LogP contribution in [0.3, 0.4) is 0 Å². The molecule has 0 atom stereocenters. The first-order valence-corrected chi connectivity index (χ1v) is 15.1. The van der Waals surface area contributed by atoms with Gasteiger partial charge in [0.05, 0.1) is 22.6 Å². The lowest BCUT2D eigenvalue weighted by atomic mass is 10.1. The van der Waals surface area contributed by atoms with E-state index in [0.717, 1.165) is 114 Å². The number of hydrogen-bond donors (Lipinski definition) is 3. The average molecular weight is 553 g/mol. The van der Waals surface area contributed by atoms with Gasteiger partial charge in [-0.2, -0.15) is 0 Å². The Morgan fingerprint density at radius 3 is 2.05 bits per heavy atom. The minimum Gasteiger partial charge on any atom is -0.315 e. The average Bonchev–Trinajstić information content (AvgIpc) is 3.00. The second-order valence-corrected chi connectivity index (χ2v) is 10.9. The van der Waals surface area contributed by atoms with Crippen LogP contribution in [0.15, 0.2) is 79.1 Å². The lowest BCUT2D eigenvalue weighted by Crippen LogP contribution is -2.36. The van der Waals surface area contributed by atoms with Crippen LogP contribution in [0.1, 0.15) is 35.5 Å². The van der Waals surface area contributed by atoms with E-state index in [1.165, 1.54) is 10.9 Å². The Balaban J connectivity index is 1.24. The third kappa shape index (κ3) is 9.95. The van der Waals surface area contributed by atoms with Crippen molar-refractivity contribution in [1.82, 2.24) is 40.7 Å². The lowest BCUT2D eigenvalue weighted by molar-refractivity contribution is 0.242. The summed E-state index contributed by atoms with van der Waals surface area (Å²) >= 11 is 0. The smallest absolute Gasteiger partial charge is 0.0706 e. The van der Waals surface area contributed by atoms with Gasteiger partial charge >= 0.3 is 0 Å². The molecule has 1 aromatic carbocycles. The third-order valence-corrected chi connectivity index (χ3v) is 7.44. The molecule has 0 amide bonds. The molecule has 8 nitrogen and oxygen atoms in total. The van der Waals surface area contributed by atoms with Crippen LogP contribution in [-0.2, 0) is 26.2 Å². The van der Waals surface area contributed by atoms with E-state index in [2.05, 4.69) is 78.2 Å². The summed E-state index contributed by atoms with van der Waals surface area (Å²) in [5, 5.41) is 11.9. The Bertz CT molecular complexity index is 1250. The standard InChI is InChI=1S/C33H44N8/c1-3-16-37-30(7-1)25-41(26-31-8-2-4-17-38-31)24-28-9-12-33-29(23-28)10-11-32(39-33)27-40-21-6-15-35-19-18-34-13-5-14-36-20-22-40/h1-4,7-12,16-17,23,34-36H,5-6,13-15,18-22,24-27H2. The molecule has 4 aromatic rings. The van der Waals surface area contributed by atoms with Crippen molar-refractivity contribution in [1.29, 1.82) is 0 Å². The topological polar surface area (TPSA) is 81.2 Å². The highest BCUT2D eigenvalue weighted by Crippen LogP contribution is 2.19. The zero-order valence-corrected chi connectivity index (χ0v) is 24.1. The molecule has 216 valence electrons. The Hall–Kier alpha value is -3.27. The predicted molar refractivity (Wildman–Crippen MR) is 166 cm³/mol. The van der Waals surface area contributed by atoms with E-state index in [1.807, 2.05) is 36.7 Å². The van der Waals surface area contributed by atoms with Crippen molar-refractivity contribution < 1.29 is 0 Å². The number of nitrogens with one attached hydrogen (secondary N) is 3. The zero-order chi connectivity index (χ0) is 28.0. The van der Waals surface area contributed by atoms with Crippen LogP contribution >= 0.6 is 0 Å². The van der Waals surface area contributed by atoms with Crippen molar-refractivity contribution in [2.45, 2.75) is 39.0 Å². The number of aromatic nitrogens is 3. The second-order valence-electron chi connectivity index (χ2n) is 10.9. The molecule has 5 rings (SSSR count). The number of benzene rings is 1. The molecular weight excluding hydrogens is 508 g/mol. The number of rotatable bonds is 8. The minimum atomic E-state index is 0.768. The monoisotopic (exact) mass is 552 g/mol.